The van der Waals surface area contributed by atoms with Crippen LogP contribution in [0, 0.1) is 5.92 Å². The van der Waals surface area contributed by atoms with E-state index >= 15 is 0 Å². The molecule has 0 bridgehead atoms. The minimum absolute atomic E-state index is 0.105. The Morgan fingerprint density at radius 2 is 2.25 bits per heavy atom. The molecule has 0 unspecified atom stereocenters. The number of H-pyrrole nitrogens is 1. The van der Waals surface area contributed by atoms with Crippen molar-refractivity contribution in [1.82, 2.24) is 15.3 Å². The Labute approximate surface area is 125 Å². The summed E-state index contributed by atoms with van der Waals surface area (Å²) < 4.78 is 0.614. The highest BCUT2D eigenvalue weighted by Crippen LogP contribution is 2.29. The molecule has 0 saturated heterocycles. The molecule has 2 heterocycles. The summed E-state index contributed by atoms with van der Waals surface area (Å²) in [6.07, 6.45) is 0. The highest BCUT2D eigenvalue weighted by Gasteiger charge is 2.12. The van der Waals surface area contributed by atoms with Crippen molar-refractivity contribution in [2.45, 2.75) is 13.8 Å². The number of aromatic nitrogens is 2. The summed E-state index contributed by atoms with van der Waals surface area (Å²) in [5.41, 5.74) is 0.0900. The van der Waals surface area contributed by atoms with Crippen molar-refractivity contribution < 1.29 is 4.79 Å². The smallest absolute Gasteiger partial charge is 0.346 e. The summed E-state index contributed by atoms with van der Waals surface area (Å²) in [7, 11) is 0. The largest absolute Gasteiger partial charge is 0.350 e. The van der Waals surface area contributed by atoms with E-state index in [9.17, 15) is 9.59 Å². The molecule has 0 radical (unpaired) electrons. The highest BCUT2D eigenvalue weighted by molar-refractivity contribution is 7.19. The van der Waals surface area contributed by atoms with Crippen molar-refractivity contribution in [3.05, 3.63) is 38.7 Å². The first-order valence-corrected chi connectivity index (χ1v) is 7.30. The van der Waals surface area contributed by atoms with Crippen LogP contribution in [-0.4, -0.2) is 22.4 Å². The molecule has 0 saturated carbocycles. The zero-order valence-electron chi connectivity index (χ0n) is 11.1. The van der Waals surface area contributed by atoms with Crippen molar-refractivity contribution in [2.24, 2.45) is 5.92 Å². The Hall–Kier alpha value is -1.66. The first kappa shape index (κ1) is 14.7. The Morgan fingerprint density at radius 1 is 1.50 bits per heavy atom. The third kappa shape index (κ3) is 3.68. The van der Waals surface area contributed by atoms with Gasteiger partial charge in [-0.25, -0.2) is 4.79 Å². The Bertz CT molecular complexity index is 678. The predicted octanol–water partition coefficient (Wildman–Crippen LogP) is 2.54. The van der Waals surface area contributed by atoms with Gasteiger partial charge in [-0.2, -0.15) is 4.98 Å². The van der Waals surface area contributed by atoms with Gasteiger partial charge in [0.05, 0.1) is 14.9 Å². The van der Waals surface area contributed by atoms with Crippen LogP contribution in [-0.2, 0) is 0 Å². The first-order valence-electron chi connectivity index (χ1n) is 6.11. The van der Waals surface area contributed by atoms with E-state index in [1.807, 2.05) is 13.8 Å². The van der Waals surface area contributed by atoms with Gasteiger partial charge in [0.15, 0.2) is 0 Å². The van der Waals surface area contributed by atoms with E-state index in [0.717, 1.165) is 4.88 Å². The van der Waals surface area contributed by atoms with Gasteiger partial charge in [0, 0.05) is 6.54 Å². The summed E-state index contributed by atoms with van der Waals surface area (Å²) >= 11 is 7.19. The minimum atomic E-state index is -0.554. The summed E-state index contributed by atoms with van der Waals surface area (Å²) in [5, 5.41) is 2.73. The Morgan fingerprint density at radius 3 is 2.85 bits per heavy atom. The standard InChI is InChI=1S/C13H14ClN3O2S/c1-7(2)6-15-12(18)9-5-8(16-13(19)17-9)10-3-4-11(14)20-10/h3-5,7H,6H2,1-2H3,(H,15,18)(H,16,17,19). The van der Waals surface area contributed by atoms with E-state index in [4.69, 9.17) is 11.6 Å². The second kappa shape index (κ2) is 6.19. The number of nitrogens with zero attached hydrogens (tertiary/aromatic N) is 1. The number of hydrogen-bond donors (Lipinski definition) is 2. The number of carbonyl (C=O) groups excluding carboxylic acids is 1. The zero-order valence-corrected chi connectivity index (χ0v) is 12.6. The average molecular weight is 312 g/mol. The summed E-state index contributed by atoms with van der Waals surface area (Å²) in [6, 6.07) is 5.08. The van der Waals surface area contributed by atoms with Gasteiger partial charge in [-0.3, -0.25) is 4.79 Å². The van der Waals surface area contributed by atoms with Crippen LogP contribution < -0.4 is 11.0 Å². The molecule has 106 valence electrons. The first-order chi connectivity index (χ1) is 9.45. The van der Waals surface area contributed by atoms with Crippen LogP contribution in [0.25, 0.3) is 10.6 Å². The minimum Gasteiger partial charge on any atom is -0.350 e. The molecule has 5 nitrogen and oxygen atoms in total. The number of rotatable bonds is 4. The van der Waals surface area contributed by atoms with Crippen molar-refractivity contribution >= 4 is 28.8 Å². The van der Waals surface area contributed by atoms with Crippen molar-refractivity contribution in [1.29, 1.82) is 0 Å². The fourth-order valence-corrected chi connectivity index (χ4v) is 2.57. The Balaban J connectivity index is 2.29. The average Bonchev–Trinajstić information content (AvgIpc) is 2.82. The lowest BCUT2D eigenvalue weighted by Crippen LogP contribution is -2.30. The van der Waals surface area contributed by atoms with Gasteiger partial charge in [0.1, 0.15) is 5.69 Å². The quantitative estimate of drug-likeness (QED) is 0.911. The summed E-state index contributed by atoms with van der Waals surface area (Å²) in [5.74, 6) is -0.0229. The van der Waals surface area contributed by atoms with Gasteiger partial charge < -0.3 is 10.3 Å². The number of aromatic amines is 1. The van der Waals surface area contributed by atoms with E-state index in [0.29, 0.717) is 22.5 Å². The molecule has 7 heteroatoms. The maximum atomic E-state index is 11.9. The molecule has 0 aliphatic heterocycles. The molecular weight excluding hydrogens is 298 g/mol. The van der Waals surface area contributed by atoms with E-state index in [1.165, 1.54) is 11.3 Å². The molecule has 0 spiro atoms. The fourth-order valence-electron chi connectivity index (χ4n) is 1.55. The monoisotopic (exact) mass is 311 g/mol. The number of nitrogens with one attached hydrogen (secondary N) is 2. The van der Waals surface area contributed by atoms with E-state index < -0.39 is 5.69 Å². The fraction of sp³-hybridized carbons (Fsp3) is 0.308. The molecule has 2 N–H and O–H groups in total. The lowest BCUT2D eigenvalue weighted by atomic mass is 10.2. The van der Waals surface area contributed by atoms with Crippen molar-refractivity contribution in [3.8, 4) is 10.6 Å². The number of hydrogen-bond acceptors (Lipinski definition) is 4. The number of thiophene rings is 1. The maximum absolute atomic E-state index is 11.9. The van der Waals surface area contributed by atoms with Crippen LogP contribution >= 0.6 is 22.9 Å². The molecule has 2 rings (SSSR count). The third-order valence-corrected chi connectivity index (χ3v) is 3.75. The molecular formula is C13H14ClN3O2S. The predicted molar refractivity (Wildman–Crippen MR) is 80.4 cm³/mol. The summed E-state index contributed by atoms with van der Waals surface area (Å²) in [6.45, 7) is 4.52. The zero-order chi connectivity index (χ0) is 14.7. The van der Waals surface area contributed by atoms with Gasteiger partial charge in [-0.15, -0.1) is 11.3 Å². The molecule has 2 aromatic heterocycles. The van der Waals surface area contributed by atoms with E-state index in [1.54, 1.807) is 18.2 Å². The van der Waals surface area contributed by atoms with Gasteiger partial charge in [-0.05, 0) is 24.1 Å². The van der Waals surface area contributed by atoms with Crippen LogP contribution in [0.3, 0.4) is 0 Å². The summed E-state index contributed by atoms with van der Waals surface area (Å²) in [4.78, 5) is 30.6. The second-order valence-corrected chi connectivity index (χ2v) is 6.41. The van der Waals surface area contributed by atoms with Gasteiger partial charge in [-0.1, -0.05) is 25.4 Å². The van der Waals surface area contributed by atoms with Gasteiger partial charge in [0.25, 0.3) is 5.91 Å². The van der Waals surface area contributed by atoms with Crippen LogP contribution in [0.4, 0.5) is 0 Å². The molecule has 1 amide bonds. The lowest BCUT2D eigenvalue weighted by Gasteiger charge is -2.07. The molecule has 0 aliphatic rings. The molecule has 0 fully saturated rings. The SMILES string of the molecule is CC(C)CNC(=O)c1cc(-c2ccc(Cl)s2)[nH]c(=O)n1. The molecule has 0 aromatic carbocycles. The number of carbonyl (C=O) groups is 1. The van der Waals surface area contributed by atoms with Crippen molar-refractivity contribution in [2.75, 3.05) is 6.54 Å². The van der Waals surface area contributed by atoms with Crippen molar-refractivity contribution in [3.63, 3.8) is 0 Å². The molecule has 2 aromatic rings. The topological polar surface area (TPSA) is 74.8 Å². The number of amides is 1. The Kier molecular flexibility index (Phi) is 4.57. The van der Waals surface area contributed by atoms with Gasteiger partial charge >= 0.3 is 5.69 Å². The molecule has 20 heavy (non-hydrogen) atoms. The third-order valence-electron chi connectivity index (χ3n) is 2.49. The van der Waals surface area contributed by atoms with Crippen LogP contribution in [0.15, 0.2) is 23.0 Å². The van der Waals surface area contributed by atoms with E-state index in [-0.39, 0.29) is 11.6 Å². The van der Waals surface area contributed by atoms with Crippen LogP contribution in [0.1, 0.15) is 24.3 Å². The van der Waals surface area contributed by atoms with Crippen LogP contribution in [0.2, 0.25) is 4.34 Å². The molecule has 0 aliphatic carbocycles. The second-order valence-electron chi connectivity index (χ2n) is 4.69. The van der Waals surface area contributed by atoms with E-state index in [2.05, 4.69) is 15.3 Å². The normalized spacial score (nSPS) is 10.8. The highest BCUT2D eigenvalue weighted by atomic mass is 35.5. The van der Waals surface area contributed by atoms with Gasteiger partial charge in [0.2, 0.25) is 0 Å². The molecule has 0 atom stereocenters. The lowest BCUT2D eigenvalue weighted by molar-refractivity contribution is 0.0943. The number of halogens is 1. The van der Waals surface area contributed by atoms with Crippen LogP contribution in [0.5, 0.6) is 0 Å². The maximum Gasteiger partial charge on any atom is 0.346 e.